The van der Waals surface area contributed by atoms with Crippen molar-refractivity contribution < 1.29 is 19.9 Å². The molecule has 0 aromatic heterocycles. The van der Waals surface area contributed by atoms with Gasteiger partial charge in [-0.15, -0.1) is 0 Å². The molecule has 0 bridgehead atoms. The molecule has 2 atom stereocenters. The van der Waals surface area contributed by atoms with E-state index in [0.29, 0.717) is 0 Å². The molecule has 5 N–H and O–H groups in total. The molecule has 2 unspecified atom stereocenters. The zero-order chi connectivity index (χ0) is 17.5. The van der Waals surface area contributed by atoms with Crippen LogP contribution in [0.25, 0.3) is 0 Å². The fraction of sp³-hybridized carbons (Fsp3) is 0.188. The molecule has 1 aliphatic rings. The van der Waals surface area contributed by atoms with Crippen molar-refractivity contribution in [2.75, 3.05) is 7.05 Å². The summed E-state index contributed by atoms with van der Waals surface area (Å²) in [6.45, 7) is 0. The van der Waals surface area contributed by atoms with E-state index in [4.69, 9.17) is 15.1 Å². The van der Waals surface area contributed by atoms with Gasteiger partial charge >= 0.3 is 13.4 Å². The van der Waals surface area contributed by atoms with Gasteiger partial charge < -0.3 is 20.4 Å². The number of benzene rings is 2. The fourth-order valence-electron chi connectivity index (χ4n) is 2.58. The minimum atomic E-state index is -2.17. The third kappa shape index (κ3) is 4.33. The molecular weight excluding hydrogens is 309 g/mol. The molecule has 7 nitrogen and oxygen atoms in total. The Balaban J connectivity index is 0.000000471. The Morgan fingerprint density at radius 1 is 1.00 bits per heavy atom. The molecule has 2 amide bonds. The van der Waals surface area contributed by atoms with Crippen molar-refractivity contribution in [3.63, 3.8) is 0 Å². The summed E-state index contributed by atoms with van der Waals surface area (Å²) in [6, 6.07) is 20.3. The summed E-state index contributed by atoms with van der Waals surface area (Å²) in [5, 5.41) is 25.8. The van der Waals surface area contributed by atoms with Crippen LogP contribution in [0.5, 0.6) is 0 Å². The van der Waals surface area contributed by atoms with Crippen LogP contribution in [-0.4, -0.2) is 40.5 Å². The van der Waals surface area contributed by atoms with E-state index in [0.717, 1.165) is 5.56 Å². The Morgan fingerprint density at radius 3 is 1.92 bits per heavy atom. The van der Waals surface area contributed by atoms with Crippen LogP contribution >= 0.6 is 0 Å². The number of hydrogen-bond donors (Lipinski definition) is 5. The van der Waals surface area contributed by atoms with Crippen molar-refractivity contribution in [3.8, 4) is 0 Å². The molecule has 0 radical (unpaired) electrons. The fourth-order valence-corrected chi connectivity index (χ4v) is 2.58. The van der Waals surface area contributed by atoms with Crippen molar-refractivity contribution >= 4 is 13.4 Å². The van der Waals surface area contributed by atoms with E-state index >= 15 is 0 Å². The van der Waals surface area contributed by atoms with Gasteiger partial charge in [-0.05, 0) is 11.1 Å². The molecule has 2 aromatic rings. The van der Waals surface area contributed by atoms with Gasteiger partial charge in [-0.25, -0.2) is 15.2 Å². The monoisotopic (exact) mass is 329 g/mol. The van der Waals surface area contributed by atoms with Gasteiger partial charge in [-0.3, -0.25) is 0 Å². The second-order valence-corrected chi connectivity index (χ2v) is 5.14. The molecule has 0 saturated carbocycles. The van der Waals surface area contributed by atoms with Crippen molar-refractivity contribution in [3.05, 3.63) is 71.8 Å². The molecule has 126 valence electrons. The summed E-state index contributed by atoms with van der Waals surface area (Å²) in [6.07, 6.45) is 0. The van der Waals surface area contributed by atoms with E-state index in [1.165, 1.54) is 5.56 Å². The third-order valence-electron chi connectivity index (χ3n) is 3.60. The normalized spacial score (nSPS) is 18.8. The van der Waals surface area contributed by atoms with Gasteiger partial charge in [0.05, 0.1) is 12.1 Å². The topological polar surface area (TPSA) is 105 Å². The molecule has 1 heterocycles. The van der Waals surface area contributed by atoms with Crippen LogP contribution in [0.2, 0.25) is 0 Å². The molecule has 0 aliphatic carbocycles. The summed E-state index contributed by atoms with van der Waals surface area (Å²) >= 11 is 0. The molecule has 1 saturated heterocycles. The van der Waals surface area contributed by atoms with Gasteiger partial charge in [-0.1, -0.05) is 60.7 Å². The highest BCUT2D eigenvalue weighted by atomic mass is 16.5. The minimum absolute atomic E-state index is 0.0125. The summed E-state index contributed by atoms with van der Waals surface area (Å²) in [7, 11) is -0.526. The zero-order valence-electron chi connectivity index (χ0n) is 13.2. The van der Waals surface area contributed by atoms with Crippen molar-refractivity contribution in [1.82, 2.24) is 15.8 Å². The summed E-state index contributed by atoms with van der Waals surface area (Å²) in [4.78, 5) is 11.9. The average molecular weight is 329 g/mol. The molecule has 2 aromatic carbocycles. The van der Waals surface area contributed by atoms with Crippen LogP contribution in [-0.2, 0) is 0 Å². The second kappa shape index (κ2) is 8.46. The second-order valence-electron chi connectivity index (χ2n) is 5.14. The Morgan fingerprint density at radius 2 is 1.46 bits per heavy atom. The average Bonchev–Trinajstić information content (AvgIpc) is 2.55. The standard InChI is InChI=1S/C16H17N3O.BH3O3/c1-17-16(20)19-15(13-10-6-3-7-11-13)14(18-19)12-8-4-2-5-9-12;2-1(3)4/h2-11,14-15,18H,1H3,(H,17,20);2-4H. The number of rotatable bonds is 2. The van der Waals surface area contributed by atoms with Crippen molar-refractivity contribution in [2.24, 2.45) is 0 Å². The number of amides is 2. The van der Waals surface area contributed by atoms with Crippen LogP contribution in [0.15, 0.2) is 60.7 Å². The molecule has 0 spiro atoms. The molecular formula is C16H20BN3O4. The van der Waals surface area contributed by atoms with Crippen molar-refractivity contribution in [2.45, 2.75) is 12.1 Å². The maximum Gasteiger partial charge on any atom is 0.631 e. The number of urea groups is 1. The lowest BCUT2D eigenvalue weighted by atomic mass is 9.90. The number of hydrazine groups is 1. The molecule has 1 fully saturated rings. The van der Waals surface area contributed by atoms with E-state index < -0.39 is 7.32 Å². The van der Waals surface area contributed by atoms with Gasteiger partial charge in [0.15, 0.2) is 0 Å². The Bertz CT molecular complexity index is 640. The van der Waals surface area contributed by atoms with E-state index in [2.05, 4.69) is 35.0 Å². The van der Waals surface area contributed by atoms with Gasteiger partial charge in [0.1, 0.15) is 0 Å². The van der Waals surface area contributed by atoms with Crippen LogP contribution in [0.4, 0.5) is 4.79 Å². The summed E-state index contributed by atoms with van der Waals surface area (Å²) in [5.41, 5.74) is 5.53. The highest BCUT2D eigenvalue weighted by Crippen LogP contribution is 2.40. The van der Waals surface area contributed by atoms with E-state index in [1.807, 2.05) is 36.4 Å². The number of carbonyl (C=O) groups excluding carboxylic acids is 1. The van der Waals surface area contributed by atoms with Gasteiger partial charge in [0, 0.05) is 7.05 Å². The summed E-state index contributed by atoms with van der Waals surface area (Å²) in [5.74, 6) is 0. The quantitative estimate of drug-likeness (QED) is 0.518. The maximum atomic E-state index is 11.9. The van der Waals surface area contributed by atoms with Crippen LogP contribution in [0, 0.1) is 0 Å². The van der Waals surface area contributed by atoms with E-state index in [1.54, 1.807) is 12.1 Å². The SMILES string of the molecule is CNC(=O)N1NC(c2ccccc2)C1c1ccccc1.OB(O)O. The minimum Gasteiger partial charge on any atom is -0.402 e. The van der Waals surface area contributed by atoms with E-state index in [-0.39, 0.29) is 18.1 Å². The number of nitrogens with zero attached hydrogens (tertiary/aromatic N) is 1. The predicted molar refractivity (Wildman–Crippen MR) is 90.2 cm³/mol. The van der Waals surface area contributed by atoms with Gasteiger partial charge in [0.25, 0.3) is 0 Å². The highest BCUT2D eigenvalue weighted by molar-refractivity contribution is 6.30. The lowest BCUT2D eigenvalue weighted by Gasteiger charge is -2.48. The highest BCUT2D eigenvalue weighted by Gasteiger charge is 2.43. The third-order valence-corrected chi connectivity index (χ3v) is 3.60. The molecule has 1 aliphatic heterocycles. The van der Waals surface area contributed by atoms with Crippen LogP contribution in [0.3, 0.4) is 0 Å². The maximum absolute atomic E-state index is 11.9. The first kappa shape index (κ1) is 18.0. The first-order chi connectivity index (χ1) is 11.5. The number of carbonyl (C=O) groups is 1. The predicted octanol–water partition coefficient (Wildman–Crippen LogP) is 0.577. The van der Waals surface area contributed by atoms with E-state index in [9.17, 15) is 4.79 Å². The van der Waals surface area contributed by atoms with Crippen LogP contribution in [0.1, 0.15) is 23.2 Å². The van der Waals surface area contributed by atoms with Crippen LogP contribution < -0.4 is 10.7 Å². The lowest BCUT2D eigenvalue weighted by Crippen LogP contribution is -2.62. The molecule has 8 heteroatoms. The summed E-state index contributed by atoms with van der Waals surface area (Å²) < 4.78 is 0. The lowest BCUT2D eigenvalue weighted by molar-refractivity contribution is 0.00695. The zero-order valence-corrected chi connectivity index (χ0v) is 13.2. The Kier molecular flexibility index (Phi) is 6.33. The first-order valence-corrected chi connectivity index (χ1v) is 7.45. The van der Waals surface area contributed by atoms with Gasteiger partial charge in [-0.2, -0.15) is 0 Å². The Hall–Kier alpha value is -2.39. The molecule has 24 heavy (non-hydrogen) atoms. The number of hydrogen-bond acceptors (Lipinski definition) is 5. The Labute approximate surface area is 140 Å². The number of nitrogens with one attached hydrogen (secondary N) is 2. The van der Waals surface area contributed by atoms with Gasteiger partial charge in [0.2, 0.25) is 0 Å². The largest absolute Gasteiger partial charge is 0.631 e. The smallest absolute Gasteiger partial charge is 0.402 e. The van der Waals surface area contributed by atoms with Crippen molar-refractivity contribution in [1.29, 1.82) is 0 Å². The first-order valence-electron chi connectivity index (χ1n) is 7.45. The molecule has 3 rings (SSSR count).